The van der Waals surface area contributed by atoms with E-state index in [1.807, 2.05) is 0 Å². The van der Waals surface area contributed by atoms with Crippen LogP contribution in [0.3, 0.4) is 0 Å². The van der Waals surface area contributed by atoms with Crippen LogP contribution in [0.4, 0.5) is 27.6 Å². The Labute approximate surface area is 229 Å². The molecule has 0 bridgehead atoms. The minimum absolute atomic E-state index is 0.145. The van der Waals surface area contributed by atoms with Crippen molar-refractivity contribution in [2.45, 2.75) is 24.6 Å². The zero-order valence-corrected chi connectivity index (χ0v) is 21.6. The fraction of sp³-hybridized carbons (Fsp3) is 0.259. The summed E-state index contributed by atoms with van der Waals surface area (Å²) in [6.45, 7) is -0.233. The molecule has 212 valence electrons. The smallest absolute Gasteiger partial charge is 0.422 e. The molecule has 0 aromatic heterocycles. The third-order valence-corrected chi connectivity index (χ3v) is 7.01. The standard InChI is InChI=1S/C27H21ClF5NO6/c1-13(17-5-3-14(7-18(17)28)15-4-6-19(29)22(8-15)39-12-24(36)37)26(38,27(31,32)33)16-9-20(30)25-21(10-16)34(2)23(35)11-40-25/h3-10,13,38H,11-12H2,1-2H3,(H,36,37)/t13-,26-/m0/s1. The molecule has 0 saturated heterocycles. The summed E-state index contributed by atoms with van der Waals surface area (Å²) in [6.07, 6.45) is -5.32. The number of aliphatic carboxylic acids is 1. The number of rotatable bonds is 7. The predicted octanol–water partition coefficient (Wildman–Crippen LogP) is 5.66. The molecule has 3 aromatic carbocycles. The van der Waals surface area contributed by atoms with Crippen LogP contribution in [0.2, 0.25) is 5.02 Å². The Morgan fingerprint density at radius 2 is 1.75 bits per heavy atom. The van der Waals surface area contributed by atoms with Gasteiger partial charge in [-0.05, 0) is 52.6 Å². The summed E-state index contributed by atoms with van der Waals surface area (Å²) in [5, 5.41) is 19.8. The van der Waals surface area contributed by atoms with Crippen LogP contribution in [0.1, 0.15) is 24.0 Å². The van der Waals surface area contributed by atoms with Crippen molar-refractivity contribution in [3.63, 3.8) is 0 Å². The number of alkyl halides is 3. The van der Waals surface area contributed by atoms with E-state index in [0.29, 0.717) is 17.2 Å². The van der Waals surface area contributed by atoms with Gasteiger partial charge in [-0.25, -0.2) is 13.6 Å². The van der Waals surface area contributed by atoms with E-state index in [1.54, 1.807) is 0 Å². The van der Waals surface area contributed by atoms with E-state index in [-0.39, 0.29) is 22.0 Å². The van der Waals surface area contributed by atoms with Crippen molar-refractivity contribution in [3.8, 4) is 22.6 Å². The Morgan fingerprint density at radius 1 is 1.10 bits per heavy atom. The SMILES string of the molecule is C[C@@H](c1ccc(-c2ccc(F)c(OCC(=O)O)c2)cc1Cl)[C@](O)(c1cc(F)c2c(c1)N(C)C(=O)CO2)C(F)(F)F. The lowest BCUT2D eigenvalue weighted by Crippen LogP contribution is -2.47. The lowest BCUT2D eigenvalue weighted by molar-refractivity contribution is -0.274. The van der Waals surface area contributed by atoms with Crippen LogP contribution in [0.25, 0.3) is 11.1 Å². The molecule has 3 aromatic rings. The molecule has 7 nitrogen and oxygen atoms in total. The maximum atomic E-state index is 14.9. The van der Waals surface area contributed by atoms with E-state index in [1.165, 1.54) is 37.4 Å². The predicted molar refractivity (Wildman–Crippen MR) is 134 cm³/mol. The molecule has 13 heteroatoms. The van der Waals surface area contributed by atoms with Gasteiger partial charge < -0.3 is 24.6 Å². The molecule has 2 N–H and O–H groups in total. The number of aliphatic hydroxyl groups is 1. The summed E-state index contributed by atoms with van der Waals surface area (Å²) in [5.41, 5.74) is -4.29. The topological polar surface area (TPSA) is 96.3 Å². The number of benzene rings is 3. The quantitative estimate of drug-likeness (QED) is 0.348. The van der Waals surface area contributed by atoms with Gasteiger partial charge in [-0.1, -0.05) is 36.7 Å². The highest BCUT2D eigenvalue weighted by atomic mass is 35.5. The molecule has 2 atom stereocenters. The molecule has 0 unspecified atom stereocenters. The Morgan fingerprint density at radius 3 is 2.38 bits per heavy atom. The van der Waals surface area contributed by atoms with Crippen LogP contribution < -0.4 is 14.4 Å². The minimum Gasteiger partial charge on any atom is -0.479 e. The van der Waals surface area contributed by atoms with E-state index in [0.717, 1.165) is 24.0 Å². The highest BCUT2D eigenvalue weighted by Crippen LogP contribution is 2.52. The summed E-state index contributed by atoms with van der Waals surface area (Å²) >= 11 is 6.37. The molecule has 0 aliphatic carbocycles. The number of halogens is 6. The third kappa shape index (κ3) is 5.16. The average molecular weight is 586 g/mol. The van der Waals surface area contributed by atoms with E-state index in [2.05, 4.69) is 0 Å². The van der Waals surface area contributed by atoms with Crippen molar-refractivity contribution in [2.75, 3.05) is 25.2 Å². The zero-order chi connectivity index (χ0) is 29.6. The summed E-state index contributed by atoms with van der Waals surface area (Å²) in [7, 11) is 1.24. The van der Waals surface area contributed by atoms with Gasteiger partial charge in [0, 0.05) is 18.0 Å². The van der Waals surface area contributed by atoms with Crippen molar-refractivity contribution in [1.29, 1.82) is 0 Å². The summed E-state index contributed by atoms with van der Waals surface area (Å²) < 4.78 is 82.5. The number of carbonyl (C=O) groups is 2. The second-order valence-electron chi connectivity index (χ2n) is 9.10. The van der Waals surface area contributed by atoms with Crippen LogP contribution in [0.5, 0.6) is 11.5 Å². The number of nitrogens with zero attached hydrogens (tertiary/aromatic N) is 1. The number of hydrogen-bond donors (Lipinski definition) is 2. The van der Waals surface area contributed by atoms with Gasteiger partial charge in [0.2, 0.25) is 0 Å². The summed E-state index contributed by atoms with van der Waals surface area (Å²) in [6, 6.07) is 8.80. The van der Waals surface area contributed by atoms with Crippen molar-refractivity contribution < 1.29 is 51.2 Å². The van der Waals surface area contributed by atoms with Crippen molar-refractivity contribution in [3.05, 3.63) is 76.3 Å². The van der Waals surface area contributed by atoms with Gasteiger partial charge in [0.1, 0.15) is 0 Å². The number of carboxylic acids is 1. The molecule has 1 amide bonds. The summed E-state index contributed by atoms with van der Waals surface area (Å²) in [4.78, 5) is 23.7. The van der Waals surface area contributed by atoms with Crippen LogP contribution in [-0.4, -0.2) is 48.5 Å². The zero-order valence-electron chi connectivity index (χ0n) is 20.9. The highest BCUT2D eigenvalue weighted by molar-refractivity contribution is 6.31. The van der Waals surface area contributed by atoms with Gasteiger partial charge in [0.05, 0.1) is 5.69 Å². The maximum absolute atomic E-state index is 14.9. The number of amides is 1. The first-order valence-corrected chi connectivity index (χ1v) is 12.0. The molecular weight excluding hydrogens is 565 g/mol. The lowest BCUT2D eigenvalue weighted by atomic mass is 9.77. The fourth-order valence-corrected chi connectivity index (χ4v) is 4.78. The van der Waals surface area contributed by atoms with Crippen molar-refractivity contribution in [1.82, 2.24) is 0 Å². The second-order valence-corrected chi connectivity index (χ2v) is 9.50. The molecule has 0 radical (unpaired) electrons. The average Bonchev–Trinajstić information content (AvgIpc) is 2.88. The van der Waals surface area contributed by atoms with Crippen LogP contribution in [-0.2, 0) is 15.2 Å². The van der Waals surface area contributed by atoms with Gasteiger partial charge in [-0.3, -0.25) is 4.79 Å². The molecule has 0 fully saturated rings. The molecule has 1 heterocycles. The monoisotopic (exact) mass is 585 g/mol. The molecule has 1 aliphatic heterocycles. The molecule has 4 rings (SSSR count). The first kappa shape index (κ1) is 29.1. The number of carbonyl (C=O) groups excluding carboxylic acids is 1. The van der Waals surface area contributed by atoms with E-state index in [9.17, 15) is 36.6 Å². The molecule has 40 heavy (non-hydrogen) atoms. The second kappa shape index (κ2) is 10.6. The maximum Gasteiger partial charge on any atom is 0.422 e. The number of ether oxygens (including phenoxy) is 2. The third-order valence-electron chi connectivity index (χ3n) is 6.68. The van der Waals surface area contributed by atoms with Crippen LogP contribution >= 0.6 is 11.6 Å². The summed E-state index contributed by atoms with van der Waals surface area (Å²) in [5.74, 6) is -6.53. The largest absolute Gasteiger partial charge is 0.479 e. The molecule has 0 spiro atoms. The van der Waals surface area contributed by atoms with Crippen molar-refractivity contribution >= 4 is 29.2 Å². The molecule has 1 aliphatic rings. The number of anilines is 1. The Bertz CT molecular complexity index is 1500. The number of likely N-dealkylation sites (N-methyl/N-ethyl adjacent to an activating group) is 1. The number of fused-ring (bicyclic) bond motifs is 1. The van der Waals surface area contributed by atoms with E-state index >= 15 is 0 Å². The van der Waals surface area contributed by atoms with Gasteiger partial charge >= 0.3 is 12.1 Å². The van der Waals surface area contributed by atoms with E-state index < -0.39 is 65.7 Å². The Balaban J connectivity index is 1.76. The minimum atomic E-state index is -5.32. The van der Waals surface area contributed by atoms with Crippen molar-refractivity contribution in [2.24, 2.45) is 0 Å². The highest BCUT2D eigenvalue weighted by Gasteiger charge is 2.59. The number of carboxylic acid groups (broad SMARTS) is 1. The Kier molecular flexibility index (Phi) is 7.70. The number of hydrogen-bond acceptors (Lipinski definition) is 5. The van der Waals surface area contributed by atoms with Gasteiger partial charge in [0.15, 0.2) is 41.9 Å². The van der Waals surface area contributed by atoms with Gasteiger partial charge in [0.25, 0.3) is 5.91 Å². The Hall–Kier alpha value is -3.90. The molecule has 0 saturated carbocycles. The van der Waals surface area contributed by atoms with Crippen LogP contribution in [0.15, 0.2) is 48.5 Å². The van der Waals surface area contributed by atoms with Gasteiger partial charge in [-0.2, -0.15) is 13.2 Å². The lowest BCUT2D eigenvalue weighted by Gasteiger charge is -2.38. The first-order chi connectivity index (χ1) is 18.6. The first-order valence-electron chi connectivity index (χ1n) is 11.6. The fourth-order valence-electron chi connectivity index (χ4n) is 4.43. The normalized spacial score (nSPS) is 15.6. The van der Waals surface area contributed by atoms with E-state index in [4.69, 9.17) is 26.2 Å². The van der Waals surface area contributed by atoms with Crippen LogP contribution in [0, 0.1) is 11.6 Å². The van der Waals surface area contributed by atoms with Gasteiger partial charge in [-0.15, -0.1) is 0 Å². The molecular formula is C27H21ClF5NO6.